The highest BCUT2D eigenvalue weighted by molar-refractivity contribution is 7.59. The second-order valence-corrected chi connectivity index (χ2v) is 5.61. The van der Waals surface area contributed by atoms with Gasteiger partial charge in [0.25, 0.3) is 0 Å². The molecule has 0 aliphatic rings. The molecule has 0 aliphatic carbocycles. The topological polar surface area (TPSA) is 26.3 Å². The van der Waals surface area contributed by atoms with Gasteiger partial charge in [0.15, 0.2) is 0 Å². The molecule has 0 saturated heterocycles. The first kappa shape index (κ1) is 18.6. The van der Waals surface area contributed by atoms with E-state index in [0.717, 1.165) is 22.3 Å². The Morgan fingerprint density at radius 3 is 1.84 bits per heavy atom. The predicted octanol–water partition coefficient (Wildman–Crippen LogP) is 5.61. The first-order valence-corrected chi connectivity index (χ1v) is 7.78. The molecule has 0 saturated carbocycles. The predicted molar refractivity (Wildman–Crippen MR) is 108 cm³/mol. The zero-order valence-electron chi connectivity index (χ0n) is 14.0. The largest absolute Gasteiger partial charge is 0.423 e. The van der Waals surface area contributed by atoms with Crippen LogP contribution in [0.25, 0.3) is 22.3 Å². The van der Waals surface area contributed by atoms with Gasteiger partial charge in [-0.3, -0.25) is 0 Å². The van der Waals surface area contributed by atoms with Crippen LogP contribution >= 0.6 is 13.5 Å². The molecule has 3 aromatic carbocycles. The average Bonchev–Trinajstić information content (AvgIpc) is 2.63. The second kappa shape index (κ2) is 8.36. The summed E-state index contributed by atoms with van der Waals surface area (Å²) in [5.74, 6) is 0.100. The number of carbonyl (C=O) groups excluding carboxylic acids is 1. The summed E-state index contributed by atoms with van der Waals surface area (Å²) in [6, 6.07) is 25.9. The van der Waals surface area contributed by atoms with Crippen molar-refractivity contribution >= 4 is 19.5 Å². The second-order valence-electron chi connectivity index (χ2n) is 5.61. The maximum Gasteiger partial charge on any atom is 0.338 e. The highest BCUT2D eigenvalue weighted by Crippen LogP contribution is 2.35. The van der Waals surface area contributed by atoms with Crippen molar-refractivity contribution in [2.75, 3.05) is 0 Å². The third-order valence-electron chi connectivity index (χ3n) is 3.72. The maximum absolute atomic E-state index is 11.8. The van der Waals surface area contributed by atoms with E-state index in [9.17, 15) is 4.79 Å². The molecule has 3 rings (SSSR count). The van der Waals surface area contributed by atoms with E-state index in [0.29, 0.717) is 11.3 Å². The minimum absolute atomic E-state index is 0. The van der Waals surface area contributed by atoms with Gasteiger partial charge in [0.2, 0.25) is 0 Å². The van der Waals surface area contributed by atoms with Crippen LogP contribution in [0.5, 0.6) is 5.75 Å². The third-order valence-corrected chi connectivity index (χ3v) is 3.72. The Morgan fingerprint density at radius 2 is 1.32 bits per heavy atom. The molecule has 0 spiro atoms. The van der Waals surface area contributed by atoms with E-state index in [-0.39, 0.29) is 13.5 Å². The highest BCUT2D eigenvalue weighted by Gasteiger charge is 2.11. The number of ether oxygens (including phenoxy) is 1. The fraction of sp³-hybridized carbons (Fsp3) is 0.0455. The van der Waals surface area contributed by atoms with E-state index >= 15 is 0 Å². The highest BCUT2D eigenvalue weighted by atomic mass is 32.1. The molecule has 0 atom stereocenters. The minimum Gasteiger partial charge on any atom is -0.423 e. The van der Waals surface area contributed by atoms with Gasteiger partial charge in [-0.15, -0.1) is 0 Å². The standard InChI is InChI=1S/C22H18O2.H2S/c1-16(2)22(23)24-19-13-14-20(17-9-5-3-6-10-17)21(15-19)18-11-7-4-8-12-18;/h3-15H,1H2,2H3;1H2. The van der Waals surface area contributed by atoms with Gasteiger partial charge in [-0.2, -0.15) is 13.5 Å². The number of hydrogen-bond donors (Lipinski definition) is 0. The zero-order chi connectivity index (χ0) is 16.9. The summed E-state index contributed by atoms with van der Waals surface area (Å²) in [6.45, 7) is 5.26. The van der Waals surface area contributed by atoms with Crippen molar-refractivity contribution in [2.24, 2.45) is 0 Å². The number of benzene rings is 3. The number of hydrogen-bond acceptors (Lipinski definition) is 2. The summed E-state index contributed by atoms with van der Waals surface area (Å²) in [7, 11) is 0. The monoisotopic (exact) mass is 348 g/mol. The van der Waals surface area contributed by atoms with Crippen LogP contribution in [0.2, 0.25) is 0 Å². The molecule has 126 valence electrons. The van der Waals surface area contributed by atoms with Crippen molar-refractivity contribution in [3.05, 3.63) is 91.0 Å². The van der Waals surface area contributed by atoms with Crippen LogP contribution in [0.15, 0.2) is 91.0 Å². The van der Waals surface area contributed by atoms with Crippen molar-refractivity contribution < 1.29 is 9.53 Å². The smallest absolute Gasteiger partial charge is 0.338 e. The molecule has 3 aromatic rings. The van der Waals surface area contributed by atoms with Crippen molar-refractivity contribution in [3.8, 4) is 28.0 Å². The summed E-state index contributed by atoms with van der Waals surface area (Å²) in [4.78, 5) is 11.8. The van der Waals surface area contributed by atoms with Crippen LogP contribution in [0.1, 0.15) is 6.92 Å². The van der Waals surface area contributed by atoms with E-state index in [4.69, 9.17) is 4.74 Å². The van der Waals surface area contributed by atoms with Crippen molar-refractivity contribution in [1.29, 1.82) is 0 Å². The molecule has 0 bridgehead atoms. The fourth-order valence-electron chi connectivity index (χ4n) is 2.51. The fourth-order valence-corrected chi connectivity index (χ4v) is 2.51. The van der Waals surface area contributed by atoms with E-state index in [1.54, 1.807) is 6.92 Å². The Bertz CT molecular complexity index is 871. The summed E-state index contributed by atoms with van der Waals surface area (Å²) in [5, 5.41) is 0. The SMILES string of the molecule is C=C(C)C(=O)Oc1ccc(-c2ccccc2)c(-c2ccccc2)c1.S. The normalized spacial score (nSPS) is 9.80. The lowest BCUT2D eigenvalue weighted by molar-refractivity contribution is -0.130. The molecule has 0 heterocycles. The molecule has 0 aromatic heterocycles. The van der Waals surface area contributed by atoms with Gasteiger partial charge in [-0.1, -0.05) is 73.3 Å². The molecule has 3 heteroatoms. The molecule has 0 aliphatic heterocycles. The molecule has 25 heavy (non-hydrogen) atoms. The summed E-state index contributed by atoms with van der Waals surface area (Å²) in [5.41, 5.74) is 4.69. The van der Waals surface area contributed by atoms with E-state index in [2.05, 4.69) is 18.7 Å². The van der Waals surface area contributed by atoms with Gasteiger partial charge >= 0.3 is 5.97 Å². The molecular formula is C22H20O2S. The van der Waals surface area contributed by atoms with Crippen LogP contribution in [-0.2, 0) is 4.79 Å². The first-order valence-electron chi connectivity index (χ1n) is 7.78. The van der Waals surface area contributed by atoms with Crippen molar-refractivity contribution in [1.82, 2.24) is 0 Å². The van der Waals surface area contributed by atoms with E-state index < -0.39 is 5.97 Å². The van der Waals surface area contributed by atoms with Gasteiger partial charge < -0.3 is 4.74 Å². The molecule has 0 fully saturated rings. The van der Waals surface area contributed by atoms with E-state index in [1.165, 1.54) is 0 Å². The summed E-state index contributed by atoms with van der Waals surface area (Å²) >= 11 is 0. The van der Waals surface area contributed by atoms with Gasteiger partial charge in [-0.05, 0) is 41.3 Å². The molecule has 0 radical (unpaired) electrons. The molecule has 0 amide bonds. The van der Waals surface area contributed by atoms with E-state index in [1.807, 2.05) is 66.7 Å². The molecule has 0 N–H and O–H groups in total. The van der Waals surface area contributed by atoms with Crippen LogP contribution in [0.3, 0.4) is 0 Å². The zero-order valence-corrected chi connectivity index (χ0v) is 15.0. The molecule has 0 unspecified atom stereocenters. The number of rotatable bonds is 4. The summed E-state index contributed by atoms with van der Waals surface area (Å²) in [6.07, 6.45) is 0. The van der Waals surface area contributed by atoms with Gasteiger partial charge in [0, 0.05) is 5.57 Å². The lowest BCUT2D eigenvalue weighted by Gasteiger charge is -2.13. The molecular weight excluding hydrogens is 328 g/mol. The van der Waals surface area contributed by atoms with Crippen molar-refractivity contribution in [2.45, 2.75) is 6.92 Å². The van der Waals surface area contributed by atoms with Gasteiger partial charge in [0.05, 0.1) is 0 Å². The number of esters is 1. The van der Waals surface area contributed by atoms with Gasteiger partial charge in [-0.25, -0.2) is 4.79 Å². The van der Waals surface area contributed by atoms with Crippen LogP contribution in [0.4, 0.5) is 0 Å². The Morgan fingerprint density at radius 1 is 0.800 bits per heavy atom. The average molecular weight is 348 g/mol. The Kier molecular flexibility index (Phi) is 6.20. The Balaban J connectivity index is 0.00000225. The lowest BCUT2D eigenvalue weighted by atomic mass is 9.94. The summed E-state index contributed by atoms with van der Waals surface area (Å²) < 4.78 is 5.39. The van der Waals surface area contributed by atoms with Crippen LogP contribution < -0.4 is 4.74 Å². The lowest BCUT2D eigenvalue weighted by Crippen LogP contribution is -2.08. The Hall–Kier alpha value is -2.78. The van der Waals surface area contributed by atoms with Crippen molar-refractivity contribution in [3.63, 3.8) is 0 Å². The minimum atomic E-state index is -0.415. The van der Waals surface area contributed by atoms with Gasteiger partial charge in [0.1, 0.15) is 5.75 Å². The Labute approximate surface area is 155 Å². The maximum atomic E-state index is 11.8. The third kappa shape index (κ3) is 4.40. The van der Waals surface area contributed by atoms with Crippen LogP contribution in [0, 0.1) is 0 Å². The molecule has 2 nitrogen and oxygen atoms in total. The first-order chi connectivity index (χ1) is 11.6. The number of carbonyl (C=O) groups is 1. The van der Waals surface area contributed by atoms with Crippen LogP contribution in [-0.4, -0.2) is 5.97 Å². The quantitative estimate of drug-likeness (QED) is 0.348.